The van der Waals surface area contributed by atoms with Crippen molar-refractivity contribution in [2.24, 2.45) is 0 Å². The number of nitrogens with one attached hydrogen (secondary N) is 1. The van der Waals surface area contributed by atoms with Crippen molar-refractivity contribution in [3.05, 3.63) is 46.0 Å². The number of rotatable bonds is 3. The molecule has 2 aromatic rings. The van der Waals surface area contributed by atoms with Crippen LogP contribution in [-0.4, -0.2) is 20.7 Å². The number of hydrogen-bond donors (Lipinski definition) is 1. The normalized spacial score (nSPS) is 18.8. The Labute approximate surface area is 127 Å². The van der Waals surface area contributed by atoms with E-state index in [1.807, 2.05) is 18.2 Å². The number of aryl methyl sites for hydroxylation is 1. The number of nitrogens with zero attached hydrogens (tertiary/aromatic N) is 3. The summed E-state index contributed by atoms with van der Waals surface area (Å²) in [4.78, 5) is 12.3. The van der Waals surface area contributed by atoms with Gasteiger partial charge in [-0.05, 0) is 36.1 Å². The Kier molecular flexibility index (Phi) is 2.96. The zero-order valence-electron chi connectivity index (χ0n) is 11.5. The Balaban J connectivity index is 1.43. The molecule has 1 aliphatic carbocycles. The highest BCUT2D eigenvalue weighted by Gasteiger charge is 2.32. The summed E-state index contributed by atoms with van der Waals surface area (Å²) in [5.41, 5.74) is 2.26. The summed E-state index contributed by atoms with van der Waals surface area (Å²) in [7, 11) is 0. The van der Waals surface area contributed by atoms with Crippen LogP contribution in [0.2, 0.25) is 5.02 Å². The molecule has 2 heterocycles. The molecule has 0 saturated carbocycles. The summed E-state index contributed by atoms with van der Waals surface area (Å²) in [6.07, 6.45) is 2.88. The third-order valence-corrected chi connectivity index (χ3v) is 4.57. The first-order chi connectivity index (χ1) is 10.2. The molecule has 1 amide bonds. The van der Waals surface area contributed by atoms with Crippen LogP contribution in [-0.2, 0) is 30.7 Å². The van der Waals surface area contributed by atoms with Crippen LogP contribution in [0.3, 0.4) is 0 Å². The minimum Gasteiger partial charge on any atom is -0.348 e. The van der Waals surface area contributed by atoms with Gasteiger partial charge in [0.25, 0.3) is 0 Å². The molecule has 1 aromatic heterocycles. The van der Waals surface area contributed by atoms with Gasteiger partial charge in [-0.2, -0.15) is 0 Å². The highest BCUT2D eigenvalue weighted by molar-refractivity contribution is 6.30. The number of aromatic nitrogens is 3. The SMILES string of the molecule is O=C(NCc1nnc2n1CCC2)C1Cc2ccc(Cl)cc21. The molecule has 1 aliphatic heterocycles. The van der Waals surface area contributed by atoms with Gasteiger partial charge in [-0.1, -0.05) is 17.7 Å². The summed E-state index contributed by atoms with van der Waals surface area (Å²) in [6.45, 7) is 1.40. The predicted octanol–water partition coefficient (Wildman–Crippen LogP) is 1.83. The van der Waals surface area contributed by atoms with Crippen LogP contribution in [0.1, 0.15) is 35.1 Å². The average Bonchev–Trinajstić information content (AvgIpc) is 3.03. The number of carbonyl (C=O) groups excluding carboxylic acids is 1. The zero-order chi connectivity index (χ0) is 14.4. The number of amides is 1. The van der Waals surface area contributed by atoms with Crippen LogP contribution < -0.4 is 5.32 Å². The van der Waals surface area contributed by atoms with Crippen molar-refractivity contribution in [3.8, 4) is 0 Å². The van der Waals surface area contributed by atoms with Gasteiger partial charge in [-0.15, -0.1) is 10.2 Å². The van der Waals surface area contributed by atoms with Gasteiger partial charge in [-0.25, -0.2) is 0 Å². The number of benzene rings is 1. The molecule has 5 nitrogen and oxygen atoms in total. The van der Waals surface area contributed by atoms with Crippen LogP contribution in [0.4, 0.5) is 0 Å². The Morgan fingerprint density at radius 1 is 1.43 bits per heavy atom. The second kappa shape index (κ2) is 4.84. The molecule has 1 atom stereocenters. The van der Waals surface area contributed by atoms with Gasteiger partial charge in [0.1, 0.15) is 5.82 Å². The summed E-state index contributed by atoms with van der Waals surface area (Å²) in [5, 5.41) is 11.9. The Hall–Kier alpha value is -1.88. The van der Waals surface area contributed by atoms with E-state index in [2.05, 4.69) is 20.1 Å². The van der Waals surface area contributed by atoms with E-state index in [1.54, 1.807) is 0 Å². The number of fused-ring (bicyclic) bond motifs is 2. The van der Waals surface area contributed by atoms with E-state index in [-0.39, 0.29) is 11.8 Å². The van der Waals surface area contributed by atoms with E-state index in [0.717, 1.165) is 43.0 Å². The van der Waals surface area contributed by atoms with Gasteiger partial charge in [-0.3, -0.25) is 4.79 Å². The van der Waals surface area contributed by atoms with Gasteiger partial charge in [0.15, 0.2) is 5.82 Å². The lowest BCUT2D eigenvalue weighted by molar-refractivity contribution is -0.123. The standard InChI is InChI=1S/C15H15ClN4O/c16-10-4-3-9-6-12(11(9)7-10)15(21)17-8-14-19-18-13-2-1-5-20(13)14/h3-4,7,12H,1-2,5-6,8H2,(H,17,21). The third kappa shape index (κ3) is 2.12. The number of hydrogen-bond acceptors (Lipinski definition) is 3. The van der Waals surface area contributed by atoms with Crippen LogP contribution in [0.25, 0.3) is 0 Å². The van der Waals surface area contributed by atoms with E-state index in [1.165, 1.54) is 5.56 Å². The van der Waals surface area contributed by atoms with Crippen molar-refractivity contribution in [1.82, 2.24) is 20.1 Å². The van der Waals surface area contributed by atoms with Gasteiger partial charge >= 0.3 is 0 Å². The highest BCUT2D eigenvalue weighted by Crippen LogP contribution is 2.36. The van der Waals surface area contributed by atoms with Crippen molar-refractivity contribution in [2.45, 2.75) is 38.3 Å². The maximum atomic E-state index is 12.3. The van der Waals surface area contributed by atoms with Crippen LogP contribution >= 0.6 is 11.6 Å². The van der Waals surface area contributed by atoms with Gasteiger partial charge in [0.05, 0.1) is 12.5 Å². The molecule has 0 fully saturated rings. The fourth-order valence-corrected chi connectivity index (χ4v) is 3.32. The van der Waals surface area contributed by atoms with Crippen LogP contribution in [0.5, 0.6) is 0 Å². The molecule has 6 heteroatoms. The van der Waals surface area contributed by atoms with E-state index >= 15 is 0 Å². The van der Waals surface area contributed by atoms with Crippen molar-refractivity contribution >= 4 is 17.5 Å². The molecular formula is C15H15ClN4O. The Morgan fingerprint density at radius 3 is 3.24 bits per heavy atom. The van der Waals surface area contributed by atoms with Crippen molar-refractivity contribution in [3.63, 3.8) is 0 Å². The maximum absolute atomic E-state index is 12.3. The van der Waals surface area contributed by atoms with E-state index in [9.17, 15) is 4.79 Å². The van der Waals surface area contributed by atoms with E-state index in [0.29, 0.717) is 11.6 Å². The van der Waals surface area contributed by atoms with Crippen LogP contribution in [0, 0.1) is 0 Å². The highest BCUT2D eigenvalue weighted by atomic mass is 35.5. The fraction of sp³-hybridized carbons (Fsp3) is 0.400. The molecular weight excluding hydrogens is 288 g/mol. The smallest absolute Gasteiger partial charge is 0.228 e. The molecule has 0 bridgehead atoms. The van der Waals surface area contributed by atoms with Gasteiger partial charge in [0, 0.05) is 18.0 Å². The van der Waals surface area contributed by atoms with Gasteiger partial charge < -0.3 is 9.88 Å². The summed E-state index contributed by atoms with van der Waals surface area (Å²) in [5.74, 6) is 1.83. The largest absolute Gasteiger partial charge is 0.348 e. The minimum absolute atomic E-state index is 0.0418. The second-order valence-corrected chi connectivity index (χ2v) is 6.04. The third-order valence-electron chi connectivity index (χ3n) is 4.33. The fourth-order valence-electron chi connectivity index (χ4n) is 3.14. The van der Waals surface area contributed by atoms with Gasteiger partial charge in [0.2, 0.25) is 5.91 Å². The molecule has 2 aliphatic rings. The Morgan fingerprint density at radius 2 is 2.33 bits per heavy atom. The Bertz CT molecular complexity index is 724. The second-order valence-electron chi connectivity index (χ2n) is 5.61. The van der Waals surface area contributed by atoms with Crippen LogP contribution in [0.15, 0.2) is 18.2 Å². The van der Waals surface area contributed by atoms with E-state index < -0.39 is 0 Å². The molecule has 4 rings (SSSR count). The molecule has 1 aromatic carbocycles. The average molecular weight is 303 g/mol. The molecule has 0 radical (unpaired) electrons. The molecule has 108 valence electrons. The zero-order valence-corrected chi connectivity index (χ0v) is 12.2. The molecule has 0 spiro atoms. The molecule has 21 heavy (non-hydrogen) atoms. The lowest BCUT2D eigenvalue weighted by atomic mass is 9.77. The van der Waals surface area contributed by atoms with Crippen molar-refractivity contribution in [1.29, 1.82) is 0 Å². The molecule has 0 saturated heterocycles. The first-order valence-corrected chi connectivity index (χ1v) is 7.57. The molecule has 1 N–H and O–H groups in total. The summed E-state index contributed by atoms with van der Waals surface area (Å²) >= 11 is 5.99. The quantitative estimate of drug-likeness (QED) is 0.941. The summed E-state index contributed by atoms with van der Waals surface area (Å²) < 4.78 is 2.10. The predicted molar refractivity (Wildman–Crippen MR) is 78.1 cm³/mol. The molecule has 1 unspecified atom stereocenters. The maximum Gasteiger partial charge on any atom is 0.228 e. The lowest BCUT2D eigenvalue weighted by Crippen LogP contribution is -2.35. The van der Waals surface area contributed by atoms with E-state index in [4.69, 9.17) is 11.6 Å². The summed E-state index contributed by atoms with van der Waals surface area (Å²) in [6, 6.07) is 5.75. The number of carbonyl (C=O) groups is 1. The first-order valence-electron chi connectivity index (χ1n) is 7.19. The number of halogens is 1. The monoisotopic (exact) mass is 302 g/mol. The minimum atomic E-state index is -0.0836. The lowest BCUT2D eigenvalue weighted by Gasteiger charge is -2.29. The van der Waals surface area contributed by atoms with Crippen molar-refractivity contribution < 1.29 is 4.79 Å². The van der Waals surface area contributed by atoms with Crippen molar-refractivity contribution in [2.75, 3.05) is 0 Å². The topological polar surface area (TPSA) is 59.8 Å². The first kappa shape index (κ1) is 12.8.